The number of para-hydroxylation sites is 1. The highest BCUT2D eigenvalue weighted by atomic mass is 16.4. The summed E-state index contributed by atoms with van der Waals surface area (Å²) in [6.07, 6.45) is 4.56. The van der Waals surface area contributed by atoms with Gasteiger partial charge < -0.3 is 10.0 Å². The second-order valence-corrected chi connectivity index (χ2v) is 5.52. The van der Waals surface area contributed by atoms with Crippen molar-refractivity contribution in [3.8, 4) is 0 Å². The lowest BCUT2D eigenvalue weighted by Gasteiger charge is -2.42. The van der Waals surface area contributed by atoms with E-state index in [1.165, 1.54) is 30.5 Å². The van der Waals surface area contributed by atoms with Crippen molar-refractivity contribution in [2.45, 2.75) is 44.7 Å². The van der Waals surface area contributed by atoms with Crippen LogP contribution < -0.4 is 4.90 Å². The molecule has 0 amide bonds. The summed E-state index contributed by atoms with van der Waals surface area (Å²) < 4.78 is 0. The molecule has 0 spiro atoms. The maximum Gasteiger partial charge on any atom is 0.308 e. The van der Waals surface area contributed by atoms with E-state index < -0.39 is 5.97 Å². The van der Waals surface area contributed by atoms with E-state index >= 15 is 0 Å². The van der Waals surface area contributed by atoms with Gasteiger partial charge in [0, 0.05) is 17.8 Å². The molecule has 3 heteroatoms. The van der Waals surface area contributed by atoms with E-state index in [-0.39, 0.29) is 12.0 Å². The van der Waals surface area contributed by atoms with Crippen LogP contribution in [0.25, 0.3) is 0 Å². The standard InChI is InChI=1S/C15H19NO2/c1-10(15(17)18)14-9-11-5-2-3-8-13(11)16(14)12-6-4-7-12/h2-3,5,8,10,12,14H,4,6-7,9H2,1H3,(H,17,18). The van der Waals surface area contributed by atoms with Gasteiger partial charge in [0.05, 0.1) is 5.92 Å². The Morgan fingerprint density at radius 1 is 1.39 bits per heavy atom. The molecule has 1 saturated carbocycles. The van der Waals surface area contributed by atoms with Gasteiger partial charge >= 0.3 is 5.97 Å². The predicted octanol–water partition coefficient (Wildman–Crippen LogP) is 2.69. The Balaban J connectivity index is 1.94. The number of fused-ring (bicyclic) bond motifs is 1. The Hall–Kier alpha value is -1.51. The van der Waals surface area contributed by atoms with Crippen LogP contribution in [0.3, 0.4) is 0 Å². The van der Waals surface area contributed by atoms with Crippen LogP contribution >= 0.6 is 0 Å². The molecule has 3 rings (SSSR count). The van der Waals surface area contributed by atoms with E-state index in [4.69, 9.17) is 0 Å². The minimum absolute atomic E-state index is 0.130. The molecule has 2 unspecified atom stereocenters. The summed E-state index contributed by atoms with van der Waals surface area (Å²) in [6, 6.07) is 9.06. The fourth-order valence-corrected chi connectivity index (χ4v) is 3.15. The maximum atomic E-state index is 11.3. The van der Waals surface area contributed by atoms with E-state index in [1.807, 2.05) is 13.0 Å². The van der Waals surface area contributed by atoms with Gasteiger partial charge in [-0.2, -0.15) is 0 Å². The molecular weight excluding hydrogens is 226 g/mol. The van der Waals surface area contributed by atoms with Crippen LogP contribution in [-0.4, -0.2) is 23.2 Å². The monoisotopic (exact) mass is 245 g/mol. The van der Waals surface area contributed by atoms with Crippen LogP contribution in [0.4, 0.5) is 5.69 Å². The molecule has 1 aromatic carbocycles. The highest BCUT2D eigenvalue weighted by molar-refractivity contribution is 5.73. The topological polar surface area (TPSA) is 40.5 Å². The third kappa shape index (κ3) is 1.69. The number of carbonyl (C=O) groups is 1. The minimum Gasteiger partial charge on any atom is -0.481 e. The van der Waals surface area contributed by atoms with Crippen LogP contribution in [0.5, 0.6) is 0 Å². The molecule has 1 aromatic rings. The summed E-state index contributed by atoms with van der Waals surface area (Å²) in [6.45, 7) is 1.84. The Morgan fingerprint density at radius 3 is 2.72 bits per heavy atom. The Morgan fingerprint density at radius 2 is 2.11 bits per heavy atom. The third-order valence-electron chi connectivity index (χ3n) is 4.49. The highest BCUT2D eigenvalue weighted by Crippen LogP contribution is 2.41. The van der Waals surface area contributed by atoms with Gasteiger partial charge in [-0.25, -0.2) is 0 Å². The molecule has 2 atom stereocenters. The van der Waals surface area contributed by atoms with Crippen LogP contribution in [-0.2, 0) is 11.2 Å². The number of anilines is 1. The van der Waals surface area contributed by atoms with Gasteiger partial charge in [0.15, 0.2) is 0 Å². The molecule has 0 radical (unpaired) electrons. The average Bonchev–Trinajstić information content (AvgIpc) is 2.66. The molecule has 3 nitrogen and oxygen atoms in total. The van der Waals surface area contributed by atoms with Gasteiger partial charge in [0.2, 0.25) is 0 Å². The highest BCUT2D eigenvalue weighted by Gasteiger charge is 2.40. The van der Waals surface area contributed by atoms with Crippen molar-refractivity contribution in [3.63, 3.8) is 0 Å². The van der Waals surface area contributed by atoms with Gasteiger partial charge in [-0.15, -0.1) is 0 Å². The first kappa shape index (κ1) is 11.6. The van der Waals surface area contributed by atoms with Crippen LogP contribution in [0.1, 0.15) is 31.7 Å². The molecular formula is C15H19NO2. The molecule has 18 heavy (non-hydrogen) atoms. The SMILES string of the molecule is CC(C(=O)O)C1Cc2ccccc2N1C1CCC1. The fourth-order valence-electron chi connectivity index (χ4n) is 3.15. The number of aliphatic carboxylic acids is 1. The minimum atomic E-state index is -0.683. The van der Waals surface area contributed by atoms with Crippen molar-refractivity contribution in [2.75, 3.05) is 4.90 Å². The number of hydrogen-bond acceptors (Lipinski definition) is 2. The summed E-state index contributed by atoms with van der Waals surface area (Å²) >= 11 is 0. The molecule has 0 aromatic heterocycles. The van der Waals surface area contributed by atoms with Crippen molar-refractivity contribution < 1.29 is 9.90 Å². The maximum absolute atomic E-state index is 11.3. The van der Waals surface area contributed by atoms with E-state index in [9.17, 15) is 9.90 Å². The molecule has 0 bridgehead atoms. The van der Waals surface area contributed by atoms with Crippen molar-refractivity contribution in [1.82, 2.24) is 0 Å². The zero-order valence-corrected chi connectivity index (χ0v) is 10.7. The first-order valence-corrected chi connectivity index (χ1v) is 6.77. The number of carboxylic acid groups (broad SMARTS) is 1. The van der Waals surface area contributed by atoms with Gasteiger partial charge in [0.1, 0.15) is 0 Å². The first-order chi connectivity index (χ1) is 8.68. The summed E-state index contributed by atoms with van der Waals surface area (Å²) in [7, 11) is 0. The van der Waals surface area contributed by atoms with Gasteiger partial charge in [-0.1, -0.05) is 18.2 Å². The summed E-state index contributed by atoms with van der Waals surface area (Å²) in [5.41, 5.74) is 2.57. The van der Waals surface area contributed by atoms with Crippen LogP contribution in [0.15, 0.2) is 24.3 Å². The van der Waals surface area contributed by atoms with Gasteiger partial charge in [-0.05, 0) is 44.2 Å². The largest absolute Gasteiger partial charge is 0.481 e. The van der Waals surface area contributed by atoms with E-state index in [0.717, 1.165) is 6.42 Å². The van der Waals surface area contributed by atoms with Crippen molar-refractivity contribution in [1.29, 1.82) is 0 Å². The first-order valence-electron chi connectivity index (χ1n) is 6.77. The second kappa shape index (κ2) is 4.30. The zero-order chi connectivity index (χ0) is 12.7. The number of benzene rings is 1. The third-order valence-corrected chi connectivity index (χ3v) is 4.49. The second-order valence-electron chi connectivity index (χ2n) is 5.52. The Bertz CT molecular complexity index is 467. The van der Waals surface area contributed by atoms with E-state index in [2.05, 4.69) is 23.1 Å². The molecule has 1 fully saturated rings. The van der Waals surface area contributed by atoms with Crippen molar-refractivity contribution in [3.05, 3.63) is 29.8 Å². The van der Waals surface area contributed by atoms with Gasteiger partial charge in [0.25, 0.3) is 0 Å². The lowest BCUT2D eigenvalue weighted by molar-refractivity contribution is -0.141. The van der Waals surface area contributed by atoms with Crippen LogP contribution in [0.2, 0.25) is 0 Å². The molecule has 1 aliphatic carbocycles. The lowest BCUT2D eigenvalue weighted by Crippen LogP contribution is -2.49. The van der Waals surface area contributed by atoms with E-state index in [1.54, 1.807) is 0 Å². The van der Waals surface area contributed by atoms with Crippen molar-refractivity contribution in [2.24, 2.45) is 5.92 Å². The summed E-state index contributed by atoms with van der Waals surface area (Å²) in [5.74, 6) is -0.991. The van der Waals surface area contributed by atoms with Gasteiger partial charge in [-0.3, -0.25) is 4.79 Å². The molecule has 96 valence electrons. The Labute approximate surface area is 107 Å². The molecule has 1 N–H and O–H groups in total. The summed E-state index contributed by atoms with van der Waals surface area (Å²) in [4.78, 5) is 13.7. The number of carboxylic acids is 1. The normalized spacial score (nSPS) is 24.5. The molecule has 1 aliphatic heterocycles. The smallest absolute Gasteiger partial charge is 0.308 e. The Kier molecular flexibility index (Phi) is 2.77. The number of hydrogen-bond donors (Lipinski definition) is 1. The fraction of sp³-hybridized carbons (Fsp3) is 0.533. The van der Waals surface area contributed by atoms with E-state index in [0.29, 0.717) is 6.04 Å². The van der Waals surface area contributed by atoms with Crippen LogP contribution in [0, 0.1) is 5.92 Å². The molecule has 2 aliphatic rings. The number of nitrogens with zero attached hydrogens (tertiary/aromatic N) is 1. The zero-order valence-electron chi connectivity index (χ0n) is 10.7. The average molecular weight is 245 g/mol. The molecule has 1 heterocycles. The predicted molar refractivity (Wildman–Crippen MR) is 70.9 cm³/mol. The van der Waals surface area contributed by atoms with Crippen molar-refractivity contribution >= 4 is 11.7 Å². The number of rotatable bonds is 3. The summed E-state index contributed by atoms with van der Waals surface area (Å²) in [5, 5.41) is 9.29. The lowest BCUT2D eigenvalue weighted by atomic mass is 9.88. The molecule has 0 saturated heterocycles. The quantitative estimate of drug-likeness (QED) is 0.890.